The number of rotatable bonds is 4. The molecule has 1 unspecified atom stereocenters. The van der Waals surface area contributed by atoms with Crippen LogP contribution < -0.4 is 0 Å². The van der Waals surface area contributed by atoms with Crippen LogP contribution in [-0.2, 0) is 16.1 Å². The SMILES string of the molecule is OC[C@H]1O[C@@H](OCc2ccccc2)C=CC1O. The van der Waals surface area contributed by atoms with E-state index < -0.39 is 18.5 Å². The zero-order valence-electron chi connectivity index (χ0n) is 9.40. The standard InChI is InChI=1S/C13H16O4/c14-8-12-11(15)6-7-13(17-12)16-9-10-4-2-1-3-5-10/h1-7,11-15H,8-9H2/t11?,12-,13-/m1/s1. The number of benzene rings is 1. The van der Waals surface area contributed by atoms with E-state index in [0.717, 1.165) is 5.56 Å². The number of aliphatic hydroxyl groups is 2. The van der Waals surface area contributed by atoms with Crippen molar-refractivity contribution in [3.8, 4) is 0 Å². The van der Waals surface area contributed by atoms with E-state index in [9.17, 15) is 5.11 Å². The highest BCUT2D eigenvalue weighted by Gasteiger charge is 2.25. The summed E-state index contributed by atoms with van der Waals surface area (Å²) in [6, 6.07) is 9.75. The van der Waals surface area contributed by atoms with Gasteiger partial charge in [0.25, 0.3) is 0 Å². The van der Waals surface area contributed by atoms with Crippen molar-refractivity contribution in [3.05, 3.63) is 48.0 Å². The van der Waals surface area contributed by atoms with Gasteiger partial charge in [-0.05, 0) is 11.6 Å². The quantitative estimate of drug-likeness (QED) is 0.760. The Morgan fingerprint density at radius 2 is 1.94 bits per heavy atom. The molecule has 2 N–H and O–H groups in total. The molecule has 17 heavy (non-hydrogen) atoms. The molecule has 3 atom stereocenters. The van der Waals surface area contributed by atoms with Crippen molar-refractivity contribution in [2.24, 2.45) is 0 Å². The van der Waals surface area contributed by atoms with Crippen molar-refractivity contribution in [1.29, 1.82) is 0 Å². The zero-order valence-corrected chi connectivity index (χ0v) is 9.40. The minimum Gasteiger partial charge on any atom is -0.394 e. The van der Waals surface area contributed by atoms with E-state index in [0.29, 0.717) is 6.61 Å². The normalized spacial score (nSPS) is 28.2. The summed E-state index contributed by atoms with van der Waals surface area (Å²) in [5.74, 6) is 0. The summed E-state index contributed by atoms with van der Waals surface area (Å²) in [5.41, 5.74) is 1.05. The van der Waals surface area contributed by atoms with Crippen LogP contribution in [0.4, 0.5) is 0 Å². The molecule has 1 aliphatic heterocycles. The van der Waals surface area contributed by atoms with Crippen molar-refractivity contribution in [2.45, 2.75) is 25.1 Å². The van der Waals surface area contributed by atoms with Crippen LogP contribution in [0.5, 0.6) is 0 Å². The summed E-state index contributed by atoms with van der Waals surface area (Å²) in [6.45, 7) is 0.209. The Hall–Kier alpha value is -1.20. The minimum absolute atomic E-state index is 0.225. The highest BCUT2D eigenvalue weighted by molar-refractivity contribution is 5.13. The fourth-order valence-electron chi connectivity index (χ4n) is 1.63. The third kappa shape index (κ3) is 3.38. The van der Waals surface area contributed by atoms with Crippen LogP contribution in [0.15, 0.2) is 42.5 Å². The maximum absolute atomic E-state index is 9.44. The summed E-state index contributed by atoms with van der Waals surface area (Å²) >= 11 is 0. The van der Waals surface area contributed by atoms with E-state index in [1.807, 2.05) is 30.3 Å². The van der Waals surface area contributed by atoms with E-state index in [1.165, 1.54) is 0 Å². The summed E-state index contributed by atoms with van der Waals surface area (Å²) in [6.07, 6.45) is 1.34. The number of hydrogen-bond acceptors (Lipinski definition) is 4. The summed E-state index contributed by atoms with van der Waals surface area (Å²) in [4.78, 5) is 0. The van der Waals surface area contributed by atoms with Gasteiger partial charge in [-0.25, -0.2) is 0 Å². The molecule has 0 radical (unpaired) electrons. The first-order valence-electron chi connectivity index (χ1n) is 5.58. The lowest BCUT2D eigenvalue weighted by Gasteiger charge is -2.28. The molecule has 1 aromatic carbocycles. The lowest BCUT2D eigenvalue weighted by Crippen LogP contribution is -2.38. The largest absolute Gasteiger partial charge is 0.394 e. The van der Waals surface area contributed by atoms with Crippen LogP contribution in [-0.4, -0.2) is 35.3 Å². The zero-order chi connectivity index (χ0) is 12.1. The first kappa shape index (κ1) is 12.3. The van der Waals surface area contributed by atoms with Crippen LogP contribution in [0, 0.1) is 0 Å². The average Bonchev–Trinajstić information content (AvgIpc) is 2.39. The maximum Gasteiger partial charge on any atom is 0.177 e. The van der Waals surface area contributed by atoms with Crippen LogP contribution in [0.2, 0.25) is 0 Å². The van der Waals surface area contributed by atoms with Gasteiger partial charge in [-0.3, -0.25) is 0 Å². The van der Waals surface area contributed by atoms with E-state index in [1.54, 1.807) is 12.2 Å². The average molecular weight is 236 g/mol. The molecule has 0 saturated heterocycles. The maximum atomic E-state index is 9.44. The van der Waals surface area contributed by atoms with Crippen molar-refractivity contribution >= 4 is 0 Å². The number of ether oxygens (including phenoxy) is 2. The fourth-order valence-corrected chi connectivity index (χ4v) is 1.63. The van der Waals surface area contributed by atoms with Crippen molar-refractivity contribution < 1.29 is 19.7 Å². The van der Waals surface area contributed by atoms with Crippen molar-refractivity contribution in [3.63, 3.8) is 0 Å². The van der Waals surface area contributed by atoms with Gasteiger partial charge in [0, 0.05) is 0 Å². The highest BCUT2D eigenvalue weighted by Crippen LogP contribution is 2.15. The Bertz CT molecular complexity index is 363. The van der Waals surface area contributed by atoms with Gasteiger partial charge >= 0.3 is 0 Å². The second-order valence-electron chi connectivity index (χ2n) is 3.90. The van der Waals surface area contributed by atoms with Gasteiger partial charge in [0.15, 0.2) is 6.29 Å². The molecule has 4 nitrogen and oxygen atoms in total. The van der Waals surface area contributed by atoms with Crippen LogP contribution in [0.1, 0.15) is 5.56 Å². The molecular formula is C13H16O4. The first-order chi connectivity index (χ1) is 8.29. The minimum atomic E-state index is -0.767. The molecule has 92 valence electrons. The molecule has 0 aromatic heterocycles. The van der Waals surface area contributed by atoms with E-state index >= 15 is 0 Å². The van der Waals surface area contributed by atoms with Gasteiger partial charge in [0.05, 0.1) is 13.2 Å². The van der Waals surface area contributed by atoms with E-state index in [2.05, 4.69) is 0 Å². The van der Waals surface area contributed by atoms with Crippen molar-refractivity contribution in [2.75, 3.05) is 6.61 Å². The molecule has 2 rings (SSSR count). The predicted octanol–water partition coefficient (Wildman–Crippen LogP) is 0.837. The van der Waals surface area contributed by atoms with Crippen molar-refractivity contribution in [1.82, 2.24) is 0 Å². The lowest BCUT2D eigenvalue weighted by molar-refractivity contribution is -0.184. The third-order valence-corrected chi connectivity index (χ3v) is 2.59. The molecule has 1 aromatic rings. The predicted molar refractivity (Wildman–Crippen MR) is 62.1 cm³/mol. The van der Waals surface area contributed by atoms with Crippen LogP contribution in [0.3, 0.4) is 0 Å². The molecule has 0 bridgehead atoms. The highest BCUT2D eigenvalue weighted by atomic mass is 16.7. The lowest BCUT2D eigenvalue weighted by atomic mass is 10.1. The second kappa shape index (κ2) is 5.93. The monoisotopic (exact) mass is 236 g/mol. The van der Waals surface area contributed by atoms with Gasteiger partial charge < -0.3 is 19.7 Å². The Kier molecular flexibility index (Phi) is 4.28. The molecule has 0 amide bonds. The Morgan fingerprint density at radius 1 is 1.18 bits per heavy atom. The summed E-state index contributed by atoms with van der Waals surface area (Å²) in [7, 11) is 0. The molecule has 0 fully saturated rings. The van der Waals surface area contributed by atoms with Gasteiger partial charge in [-0.15, -0.1) is 0 Å². The topological polar surface area (TPSA) is 58.9 Å². The third-order valence-electron chi connectivity index (χ3n) is 2.59. The van der Waals surface area contributed by atoms with Gasteiger partial charge in [0.1, 0.15) is 12.2 Å². The summed E-state index contributed by atoms with van der Waals surface area (Å²) < 4.78 is 10.9. The van der Waals surface area contributed by atoms with Gasteiger partial charge in [-0.1, -0.05) is 36.4 Å². The van der Waals surface area contributed by atoms with E-state index in [4.69, 9.17) is 14.6 Å². The molecule has 0 saturated carbocycles. The molecule has 1 aliphatic rings. The Labute approximate surface area is 100 Å². The van der Waals surface area contributed by atoms with Crippen LogP contribution in [0.25, 0.3) is 0 Å². The molecule has 0 spiro atoms. The molecule has 0 aliphatic carbocycles. The summed E-state index contributed by atoms with van der Waals surface area (Å²) in [5, 5.41) is 18.4. The first-order valence-corrected chi connectivity index (χ1v) is 5.58. The van der Waals surface area contributed by atoms with Crippen LogP contribution >= 0.6 is 0 Å². The van der Waals surface area contributed by atoms with E-state index in [-0.39, 0.29) is 6.61 Å². The fraction of sp³-hybridized carbons (Fsp3) is 0.385. The number of hydrogen-bond donors (Lipinski definition) is 2. The van der Waals surface area contributed by atoms with Gasteiger partial charge in [0.2, 0.25) is 0 Å². The van der Waals surface area contributed by atoms with Gasteiger partial charge in [-0.2, -0.15) is 0 Å². The second-order valence-corrected chi connectivity index (χ2v) is 3.90. The molecule has 1 heterocycles. The number of aliphatic hydroxyl groups excluding tert-OH is 2. The Morgan fingerprint density at radius 3 is 2.65 bits per heavy atom. The Balaban J connectivity index is 1.86. The molecular weight excluding hydrogens is 220 g/mol. The molecule has 4 heteroatoms. The smallest absolute Gasteiger partial charge is 0.177 e.